The molecule has 0 saturated carbocycles. The largest absolute Gasteiger partial charge is 0.495 e. The van der Waals surface area contributed by atoms with Crippen LogP contribution in [0.25, 0.3) is 0 Å². The van der Waals surface area contributed by atoms with Crippen LogP contribution in [-0.2, 0) is 9.53 Å². The quantitative estimate of drug-likeness (QED) is 0.778. The maximum atomic E-state index is 12.5. The van der Waals surface area contributed by atoms with Crippen LogP contribution < -0.4 is 10.1 Å². The van der Waals surface area contributed by atoms with Crippen molar-refractivity contribution in [2.24, 2.45) is 0 Å². The lowest BCUT2D eigenvalue weighted by atomic mass is 10.1. The molecule has 1 aliphatic rings. The van der Waals surface area contributed by atoms with E-state index < -0.39 is 17.9 Å². The van der Waals surface area contributed by atoms with Crippen molar-refractivity contribution < 1.29 is 24.2 Å². The third-order valence-electron chi connectivity index (χ3n) is 3.98. The van der Waals surface area contributed by atoms with Crippen molar-refractivity contribution in [1.29, 1.82) is 0 Å². The molecular weight excluding hydrogens is 380 g/mol. The summed E-state index contributed by atoms with van der Waals surface area (Å²) in [6, 6.07) is 3.33. The molecule has 9 heteroatoms. The minimum absolute atomic E-state index is 0.0859. The van der Waals surface area contributed by atoms with Gasteiger partial charge in [0.1, 0.15) is 21.7 Å². The van der Waals surface area contributed by atoms with Crippen LogP contribution in [0.5, 0.6) is 5.75 Å². The number of thiazole rings is 1. The SMILES string of the molecule is COc1ccc(C(NC(=O)c2cnc(C3CCCO3)s2)C(=O)O)cc1Cl. The van der Waals surface area contributed by atoms with Crippen LogP contribution in [0.4, 0.5) is 0 Å². The molecule has 2 atom stereocenters. The zero-order chi connectivity index (χ0) is 18.7. The summed E-state index contributed by atoms with van der Waals surface area (Å²) in [6.07, 6.45) is 3.19. The predicted molar refractivity (Wildman–Crippen MR) is 95.9 cm³/mol. The molecule has 1 aromatic carbocycles. The Bertz CT molecular complexity index is 819. The number of rotatable bonds is 6. The average Bonchev–Trinajstić information content (AvgIpc) is 3.30. The number of carbonyl (C=O) groups excluding carboxylic acids is 1. The zero-order valence-electron chi connectivity index (χ0n) is 13.9. The highest BCUT2D eigenvalue weighted by atomic mass is 35.5. The number of amides is 1. The van der Waals surface area contributed by atoms with Crippen molar-refractivity contribution in [1.82, 2.24) is 10.3 Å². The van der Waals surface area contributed by atoms with Crippen molar-refractivity contribution in [3.05, 3.63) is 44.9 Å². The lowest BCUT2D eigenvalue weighted by molar-refractivity contribution is -0.139. The van der Waals surface area contributed by atoms with E-state index in [1.807, 2.05) is 0 Å². The molecule has 2 heterocycles. The first-order chi connectivity index (χ1) is 12.5. The van der Waals surface area contributed by atoms with E-state index in [0.29, 0.717) is 22.8 Å². The fourth-order valence-corrected chi connectivity index (χ4v) is 3.84. The minimum Gasteiger partial charge on any atom is -0.495 e. The summed E-state index contributed by atoms with van der Waals surface area (Å²) in [7, 11) is 1.47. The van der Waals surface area contributed by atoms with Gasteiger partial charge in [0.25, 0.3) is 5.91 Å². The summed E-state index contributed by atoms with van der Waals surface area (Å²) < 4.78 is 10.6. The van der Waals surface area contributed by atoms with Gasteiger partial charge in [-0.1, -0.05) is 17.7 Å². The first-order valence-corrected chi connectivity index (χ1v) is 9.13. The van der Waals surface area contributed by atoms with Crippen LogP contribution in [0.3, 0.4) is 0 Å². The topological polar surface area (TPSA) is 97.8 Å². The molecule has 138 valence electrons. The van der Waals surface area contributed by atoms with Gasteiger partial charge >= 0.3 is 5.97 Å². The van der Waals surface area contributed by atoms with Crippen molar-refractivity contribution in [3.8, 4) is 5.75 Å². The molecule has 26 heavy (non-hydrogen) atoms. The molecule has 7 nitrogen and oxygen atoms in total. The van der Waals surface area contributed by atoms with E-state index in [1.54, 1.807) is 12.1 Å². The molecule has 1 amide bonds. The van der Waals surface area contributed by atoms with E-state index >= 15 is 0 Å². The number of methoxy groups -OCH3 is 1. The molecule has 1 aromatic heterocycles. The number of carboxylic acid groups (broad SMARTS) is 1. The maximum Gasteiger partial charge on any atom is 0.330 e. The second kappa shape index (κ2) is 8.03. The fourth-order valence-electron chi connectivity index (χ4n) is 2.67. The van der Waals surface area contributed by atoms with E-state index in [4.69, 9.17) is 21.1 Å². The van der Waals surface area contributed by atoms with Gasteiger partial charge in [0.05, 0.1) is 18.3 Å². The molecule has 1 fully saturated rings. The lowest BCUT2D eigenvalue weighted by Gasteiger charge is -2.15. The smallest absolute Gasteiger partial charge is 0.330 e. The number of nitrogens with zero attached hydrogens (tertiary/aromatic N) is 1. The normalized spacial score (nSPS) is 17.7. The number of hydrogen-bond donors (Lipinski definition) is 2. The van der Waals surface area contributed by atoms with E-state index in [0.717, 1.165) is 17.8 Å². The Morgan fingerprint density at radius 3 is 2.92 bits per heavy atom. The number of aliphatic carboxylic acids is 1. The molecule has 0 spiro atoms. The Hall–Kier alpha value is -2.16. The van der Waals surface area contributed by atoms with Crippen LogP contribution >= 0.6 is 22.9 Å². The van der Waals surface area contributed by atoms with Gasteiger partial charge in [0, 0.05) is 6.61 Å². The number of benzene rings is 1. The number of nitrogens with one attached hydrogen (secondary N) is 1. The summed E-state index contributed by atoms with van der Waals surface area (Å²) in [4.78, 5) is 28.7. The molecule has 2 aromatic rings. The summed E-state index contributed by atoms with van der Waals surface area (Å²) >= 11 is 7.26. The second-order valence-electron chi connectivity index (χ2n) is 5.70. The fraction of sp³-hybridized carbons (Fsp3) is 0.353. The Morgan fingerprint density at radius 1 is 1.50 bits per heavy atom. The first kappa shape index (κ1) is 18.6. The van der Waals surface area contributed by atoms with Gasteiger partial charge in [0.15, 0.2) is 6.04 Å². The van der Waals surface area contributed by atoms with Crippen molar-refractivity contribution >= 4 is 34.8 Å². The lowest BCUT2D eigenvalue weighted by Crippen LogP contribution is -2.33. The highest BCUT2D eigenvalue weighted by molar-refractivity contribution is 7.13. The number of hydrogen-bond acceptors (Lipinski definition) is 6. The number of aromatic nitrogens is 1. The number of halogens is 1. The molecule has 2 unspecified atom stereocenters. The van der Waals surface area contributed by atoms with E-state index in [-0.39, 0.29) is 11.1 Å². The average molecular weight is 397 g/mol. The van der Waals surface area contributed by atoms with Gasteiger partial charge in [-0.3, -0.25) is 4.79 Å². The van der Waals surface area contributed by atoms with Crippen LogP contribution in [0.2, 0.25) is 5.02 Å². The van der Waals surface area contributed by atoms with Gasteiger partial charge in [-0.25, -0.2) is 9.78 Å². The minimum atomic E-state index is -1.24. The van der Waals surface area contributed by atoms with Crippen LogP contribution in [-0.4, -0.2) is 35.7 Å². The summed E-state index contributed by atoms with van der Waals surface area (Å²) in [5, 5.41) is 13.0. The molecule has 0 bridgehead atoms. The third-order valence-corrected chi connectivity index (χ3v) is 5.37. The highest BCUT2D eigenvalue weighted by Gasteiger charge is 2.26. The Kier molecular flexibility index (Phi) is 5.75. The van der Waals surface area contributed by atoms with Crippen LogP contribution in [0, 0.1) is 0 Å². The molecule has 2 N–H and O–H groups in total. The van der Waals surface area contributed by atoms with Gasteiger partial charge in [-0.15, -0.1) is 11.3 Å². The maximum absolute atomic E-state index is 12.5. The van der Waals surface area contributed by atoms with Gasteiger partial charge < -0.3 is 19.9 Å². The van der Waals surface area contributed by atoms with Crippen LogP contribution in [0.15, 0.2) is 24.4 Å². The monoisotopic (exact) mass is 396 g/mol. The molecule has 0 aliphatic carbocycles. The predicted octanol–water partition coefficient (Wildman–Crippen LogP) is 3.21. The third kappa shape index (κ3) is 3.98. The molecule has 1 aliphatic heterocycles. The van der Waals surface area contributed by atoms with Crippen molar-refractivity contribution in [3.63, 3.8) is 0 Å². The number of carbonyl (C=O) groups is 2. The van der Waals surface area contributed by atoms with Gasteiger partial charge in [0.2, 0.25) is 0 Å². The Labute approximate surface area is 158 Å². The highest BCUT2D eigenvalue weighted by Crippen LogP contribution is 2.32. The van der Waals surface area contributed by atoms with Gasteiger partial charge in [-0.2, -0.15) is 0 Å². The number of ether oxygens (including phenoxy) is 2. The number of carboxylic acids is 1. The molecular formula is C17H17ClN2O5S. The molecule has 0 radical (unpaired) electrons. The Morgan fingerprint density at radius 2 is 2.31 bits per heavy atom. The summed E-state index contributed by atoms with van der Waals surface area (Å²) in [5.74, 6) is -1.27. The standard InChI is InChI=1S/C17H17ClN2O5S/c1-24-11-5-4-9(7-10(11)18)14(17(22)23)20-15(21)13-8-19-16(26-13)12-3-2-6-25-12/h4-5,7-8,12,14H,2-3,6H2,1H3,(H,20,21)(H,22,23). The second-order valence-corrected chi connectivity index (χ2v) is 7.17. The van der Waals surface area contributed by atoms with E-state index in [1.165, 1.54) is 30.7 Å². The first-order valence-electron chi connectivity index (χ1n) is 7.94. The van der Waals surface area contributed by atoms with Crippen molar-refractivity contribution in [2.75, 3.05) is 13.7 Å². The summed E-state index contributed by atoms with van der Waals surface area (Å²) in [6.45, 7) is 0.686. The zero-order valence-corrected chi connectivity index (χ0v) is 15.5. The van der Waals surface area contributed by atoms with Crippen molar-refractivity contribution in [2.45, 2.75) is 25.0 Å². The summed E-state index contributed by atoms with van der Waals surface area (Å²) in [5.41, 5.74) is 0.348. The Balaban J connectivity index is 1.76. The van der Waals surface area contributed by atoms with E-state index in [9.17, 15) is 14.7 Å². The molecule has 1 saturated heterocycles. The van der Waals surface area contributed by atoms with Gasteiger partial charge in [-0.05, 0) is 30.5 Å². The molecule has 3 rings (SSSR count). The van der Waals surface area contributed by atoms with E-state index in [2.05, 4.69) is 10.3 Å². The van der Waals surface area contributed by atoms with Crippen LogP contribution in [0.1, 0.15) is 45.2 Å².